The van der Waals surface area contributed by atoms with Crippen LogP contribution in [0.25, 0.3) is 5.69 Å². The maximum absolute atomic E-state index is 12.4. The molecule has 0 radical (unpaired) electrons. The highest BCUT2D eigenvalue weighted by Gasteiger charge is 2.14. The van der Waals surface area contributed by atoms with E-state index in [-0.39, 0.29) is 12.5 Å². The molecule has 0 bridgehead atoms. The fraction of sp³-hybridized carbons (Fsp3) is 0.150. The van der Waals surface area contributed by atoms with Gasteiger partial charge in [0.2, 0.25) is 0 Å². The molecule has 0 spiro atoms. The highest BCUT2D eigenvalue weighted by Crippen LogP contribution is 2.20. The fourth-order valence-electron chi connectivity index (χ4n) is 2.58. The van der Waals surface area contributed by atoms with Crippen LogP contribution in [-0.4, -0.2) is 35.9 Å². The molecule has 0 aliphatic carbocycles. The number of benzene rings is 2. The third-order valence-corrected chi connectivity index (χ3v) is 3.99. The lowest BCUT2D eigenvalue weighted by Gasteiger charge is -2.10. The Morgan fingerprint density at radius 2 is 1.89 bits per heavy atom. The lowest BCUT2D eigenvalue weighted by molar-refractivity contribution is 0.0597. The molecule has 0 fully saturated rings. The Morgan fingerprint density at radius 1 is 1.11 bits per heavy atom. The van der Waals surface area contributed by atoms with E-state index in [4.69, 9.17) is 9.47 Å². The van der Waals surface area contributed by atoms with E-state index in [2.05, 4.69) is 10.4 Å². The number of nitrogens with zero attached hydrogens (tertiary/aromatic N) is 2. The third kappa shape index (κ3) is 4.14. The van der Waals surface area contributed by atoms with E-state index in [9.17, 15) is 9.59 Å². The zero-order valence-corrected chi connectivity index (χ0v) is 15.0. The van der Waals surface area contributed by atoms with Crippen LogP contribution in [0.1, 0.15) is 26.3 Å². The lowest BCUT2D eigenvalue weighted by Crippen LogP contribution is -2.22. The standard InChI is InChI=1S/C20H19N3O4/c1-26-18-9-8-14(10-17(18)20(25)27-2)11-21-19(24)15-12-22-23(13-15)16-6-4-3-5-7-16/h3-10,12-13H,11H2,1-2H3,(H,21,24). The molecule has 0 aliphatic heterocycles. The van der Waals surface area contributed by atoms with Crippen LogP contribution in [0.2, 0.25) is 0 Å². The van der Waals surface area contributed by atoms with Gasteiger partial charge in [0.15, 0.2) is 0 Å². The molecule has 0 unspecified atom stereocenters. The SMILES string of the molecule is COC(=O)c1cc(CNC(=O)c2cnn(-c3ccccc3)c2)ccc1OC. The van der Waals surface area contributed by atoms with E-state index in [1.807, 2.05) is 30.3 Å². The highest BCUT2D eigenvalue weighted by molar-refractivity contribution is 5.94. The van der Waals surface area contributed by atoms with Gasteiger partial charge in [0.25, 0.3) is 5.91 Å². The number of methoxy groups -OCH3 is 2. The van der Waals surface area contributed by atoms with E-state index >= 15 is 0 Å². The zero-order valence-electron chi connectivity index (χ0n) is 15.0. The highest BCUT2D eigenvalue weighted by atomic mass is 16.5. The summed E-state index contributed by atoms with van der Waals surface area (Å²) in [6.07, 6.45) is 3.18. The molecule has 27 heavy (non-hydrogen) atoms. The van der Waals surface area contributed by atoms with Crippen molar-refractivity contribution in [2.45, 2.75) is 6.54 Å². The van der Waals surface area contributed by atoms with E-state index in [0.29, 0.717) is 16.9 Å². The van der Waals surface area contributed by atoms with Gasteiger partial charge in [0, 0.05) is 12.7 Å². The van der Waals surface area contributed by atoms with Crippen LogP contribution in [0.3, 0.4) is 0 Å². The molecule has 7 heteroatoms. The molecule has 0 saturated heterocycles. The number of para-hydroxylation sites is 1. The molecule has 138 valence electrons. The Hall–Kier alpha value is -3.61. The number of rotatable bonds is 6. The Bertz CT molecular complexity index is 951. The number of carbonyl (C=O) groups is 2. The molecule has 1 amide bonds. The Kier molecular flexibility index (Phi) is 5.51. The number of hydrogen-bond acceptors (Lipinski definition) is 5. The summed E-state index contributed by atoms with van der Waals surface area (Å²) in [7, 11) is 2.79. The first-order valence-corrected chi connectivity index (χ1v) is 8.26. The quantitative estimate of drug-likeness (QED) is 0.679. The first kappa shape index (κ1) is 18.2. The summed E-state index contributed by atoms with van der Waals surface area (Å²) < 4.78 is 11.6. The minimum atomic E-state index is -0.496. The van der Waals surface area contributed by atoms with E-state index in [0.717, 1.165) is 11.3 Å². The van der Waals surface area contributed by atoms with Gasteiger partial charge in [-0.15, -0.1) is 0 Å². The van der Waals surface area contributed by atoms with Crippen LogP contribution in [0, 0.1) is 0 Å². The molecule has 1 heterocycles. The fourth-order valence-corrected chi connectivity index (χ4v) is 2.58. The summed E-state index contributed by atoms with van der Waals surface area (Å²) in [5, 5.41) is 7.03. The molecule has 0 atom stereocenters. The first-order valence-electron chi connectivity index (χ1n) is 8.26. The molecule has 0 saturated carbocycles. The van der Waals surface area contributed by atoms with Crippen LogP contribution in [0.5, 0.6) is 5.75 Å². The van der Waals surface area contributed by atoms with Crippen molar-refractivity contribution in [2.75, 3.05) is 14.2 Å². The second-order valence-corrected chi connectivity index (χ2v) is 5.72. The van der Waals surface area contributed by atoms with Gasteiger partial charge in [-0.25, -0.2) is 9.48 Å². The van der Waals surface area contributed by atoms with Crippen molar-refractivity contribution in [3.63, 3.8) is 0 Å². The van der Waals surface area contributed by atoms with Crippen LogP contribution in [0.15, 0.2) is 60.9 Å². The van der Waals surface area contributed by atoms with Gasteiger partial charge in [-0.3, -0.25) is 4.79 Å². The summed E-state index contributed by atoms with van der Waals surface area (Å²) in [4.78, 5) is 24.2. The number of carbonyl (C=O) groups excluding carboxylic acids is 2. The minimum Gasteiger partial charge on any atom is -0.496 e. The van der Waals surface area contributed by atoms with Crippen molar-refractivity contribution in [2.24, 2.45) is 0 Å². The van der Waals surface area contributed by atoms with Crippen molar-refractivity contribution in [1.82, 2.24) is 15.1 Å². The third-order valence-electron chi connectivity index (χ3n) is 3.99. The number of esters is 1. The number of nitrogens with one attached hydrogen (secondary N) is 1. The second-order valence-electron chi connectivity index (χ2n) is 5.72. The average molecular weight is 365 g/mol. The predicted octanol–water partition coefficient (Wildman–Crippen LogP) is 2.60. The predicted molar refractivity (Wildman–Crippen MR) is 99.1 cm³/mol. The summed E-state index contributed by atoms with van der Waals surface area (Å²) in [6, 6.07) is 14.6. The Balaban J connectivity index is 1.69. The second kappa shape index (κ2) is 8.18. The van der Waals surface area contributed by atoms with Crippen molar-refractivity contribution >= 4 is 11.9 Å². The summed E-state index contributed by atoms with van der Waals surface area (Å²) in [5.41, 5.74) is 2.37. The van der Waals surface area contributed by atoms with E-state index < -0.39 is 5.97 Å². The normalized spacial score (nSPS) is 10.3. The largest absolute Gasteiger partial charge is 0.496 e. The molecule has 1 N–H and O–H groups in total. The summed E-state index contributed by atoms with van der Waals surface area (Å²) >= 11 is 0. The van der Waals surface area contributed by atoms with Crippen molar-refractivity contribution < 1.29 is 19.1 Å². The molecule has 3 aromatic rings. The van der Waals surface area contributed by atoms with Crippen LogP contribution in [0.4, 0.5) is 0 Å². The number of amides is 1. The van der Waals surface area contributed by atoms with Crippen LogP contribution < -0.4 is 10.1 Å². The smallest absolute Gasteiger partial charge is 0.341 e. The molecule has 1 aromatic heterocycles. The van der Waals surface area contributed by atoms with Gasteiger partial charge in [0.1, 0.15) is 11.3 Å². The van der Waals surface area contributed by atoms with Gasteiger partial charge < -0.3 is 14.8 Å². The zero-order chi connectivity index (χ0) is 19.2. The molecule has 3 rings (SSSR count). The monoisotopic (exact) mass is 365 g/mol. The van der Waals surface area contributed by atoms with E-state index in [1.165, 1.54) is 20.4 Å². The maximum atomic E-state index is 12.4. The number of aromatic nitrogens is 2. The van der Waals surface area contributed by atoms with Gasteiger partial charge in [0.05, 0.1) is 31.7 Å². The van der Waals surface area contributed by atoms with Gasteiger partial charge >= 0.3 is 5.97 Å². The lowest BCUT2D eigenvalue weighted by atomic mass is 10.1. The van der Waals surface area contributed by atoms with Crippen LogP contribution in [-0.2, 0) is 11.3 Å². The van der Waals surface area contributed by atoms with Crippen molar-refractivity contribution in [1.29, 1.82) is 0 Å². The Morgan fingerprint density at radius 3 is 2.59 bits per heavy atom. The average Bonchev–Trinajstić information content (AvgIpc) is 3.22. The van der Waals surface area contributed by atoms with Crippen molar-refractivity contribution in [3.05, 3.63) is 77.6 Å². The number of ether oxygens (including phenoxy) is 2. The molecule has 0 aliphatic rings. The molecule has 7 nitrogen and oxygen atoms in total. The number of hydrogen-bond donors (Lipinski definition) is 1. The topological polar surface area (TPSA) is 82.5 Å². The maximum Gasteiger partial charge on any atom is 0.341 e. The van der Waals surface area contributed by atoms with E-state index in [1.54, 1.807) is 29.1 Å². The van der Waals surface area contributed by atoms with Crippen LogP contribution >= 0.6 is 0 Å². The van der Waals surface area contributed by atoms with Gasteiger partial charge in [-0.2, -0.15) is 5.10 Å². The molecular weight excluding hydrogens is 346 g/mol. The molecular formula is C20H19N3O4. The Labute approximate surface area is 156 Å². The van der Waals surface area contributed by atoms with Gasteiger partial charge in [-0.05, 0) is 29.8 Å². The summed E-state index contributed by atoms with van der Waals surface area (Å²) in [5.74, 6) is -0.335. The van der Waals surface area contributed by atoms with Crippen molar-refractivity contribution in [3.8, 4) is 11.4 Å². The summed E-state index contributed by atoms with van der Waals surface area (Å²) in [6.45, 7) is 0.253. The first-order chi connectivity index (χ1) is 13.1. The van der Waals surface area contributed by atoms with Gasteiger partial charge in [-0.1, -0.05) is 24.3 Å². The minimum absolute atomic E-state index is 0.253. The molecule has 2 aromatic carbocycles.